The normalized spacial score (nSPS) is 18.6. The van der Waals surface area contributed by atoms with Gasteiger partial charge in [0, 0.05) is 12.6 Å². The Labute approximate surface area is 106 Å². The van der Waals surface area contributed by atoms with Gasteiger partial charge in [0.15, 0.2) is 0 Å². The molecule has 1 saturated carbocycles. The quantitative estimate of drug-likeness (QED) is 0.775. The number of rotatable bonds is 6. The zero-order chi connectivity index (χ0) is 12.8. The molecular weight excluding hydrogens is 212 g/mol. The minimum Gasteiger partial charge on any atom is -0.338 e. The molecule has 3 nitrogen and oxygen atoms in total. The Morgan fingerprint density at radius 2 is 1.94 bits per heavy atom. The van der Waals surface area contributed by atoms with Gasteiger partial charge in [-0.25, -0.2) is 0 Å². The SMILES string of the molecule is CCC(N)C(=O)N(CCC(C)C)C1CCCC1. The van der Waals surface area contributed by atoms with Crippen molar-refractivity contribution >= 4 is 5.91 Å². The van der Waals surface area contributed by atoms with E-state index in [0.717, 1.165) is 19.4 Å². The van der Waals surface area contributed by atoms with E-state index in [9.17, 15) is 4.79 Å². The molecule has 0 bridgehead atoms. The molecule has 1 aliphatic carbocycles. The van der Waals surface area contributed by atoms with Crippen LogP contribution in [0.3, 0.4) is 0 Å². The van der Waals surface area contributed by atoms with Crippen LogP contribution in [-0.2, 0) is 4.79 Å². The first-order valence-corrected chi connectivity index (χ1v) is 7.12. The van der Waals surface area contributed by atoms with Crippen molar-refractivity contribution in [1.82, 2.24) is 4.90 Å². The molecule has 1 aliphatic rings. The van der Waals surface area contributed by atoms with Crippen LogP contribution in [0.1, 0.15) is 59.3 Å². The maximum absolute atomic E-state index is 12.3. The Hall–Kier alpha value is -0.570. The van der Waals surface area contributed by atoms with Crippen LogP contribution in [-0.4, -0.2) is 29.4 Å². The van der Waals surface area contributed by atoms with Crippen molar-refractivity contribution < 1.29 is 4.79 Å². The summed E-state index contributed by atoms with van der Waals surface area (Å²) in [5.74, 6) is 0.810. The molecule has 1 atom stereocenters. The number of hydrogen-bond donors (Lipinski definition) is 1. The summed E-state index contributed by atoms with van der Waals surface area (Å²) < 4.78 is 0. The third-order valence-electron chi connectivity index (χ3n) is 3.75. The molecule has 0 saturated heterocycles. The van der Waals surface area contributed by atoms with Crippen LogP contribution in [0.2, 0.25) is 0 Å². The highest BCUT2D eigenvalue weighted by Gasteiger charge is 2.28. The standard InChI is InChI=1S/C14H28N2O/c1-4-13(15)14(17)16(10-9-11(2)3)12-7-5-6-8-12/h11-13H,4-10,15H2,1-3H3. The molecular formula is C14H28N2O. The lowest BCUT2D eigenvalue weighted by Crippen LogP contribution is -2.48. The molecule has 0 heterocycles. The van der Waals surface area contributed by atoms with E-state index in [4.69, 9.17) is 5.73 Å². The van der Waals surface area contributed by atoms with Crippen LogP contribution in [0, 0.1) is 5.92 Å². The molecule has 100 valence electrons. The third-order valence-corrected chi connectivity index (χ3v) is 3.75. The minimum absolute atomic E-state index is 0.167. The van der Waals surface area contributed by atoms with Crippen molar-refractivity contribution in [3.05, 3.63) is 0 Å². The number of nitrogens with zero attached hydrogens (tertiary/aromatic N) is 1. The van der Waals surface area contributed by atoms with Crippen LogP contribution >= 0.6 is 0 Å². The summed E-state index contributed by atoms with van der Waals surface area (Å²) >= 11 is 0. The Balaban J connectivity index is 2.60. The van der Waals surface area contributed by atoms with E-state index < -0.39 is 0 Å². The lowest BCUT2D eigenvalue weighted by molar-refractivity contribution is -0.135. The van der Waals surface area contributed by atoms with Crippen molar-refractivity contribution in [3.63, 3.8) is 0 Å². The third kappa shape index (κ3) is 4.30. The fourth-order valence-corrected chi connectivity index (χ4v) is 2.47. The maximum atomic E-state index is 12.3. The smallest absolute Gasteiger partial charge is 0.239 e. The first kappa shape index (κ1) is 14.5. The zero-order valence-electron chi connectivity index (χ0n) is 11.6. The fraction of sp³-hybridized carbons (Fsp3) is 0.929. The summed E-state index contributed by atoms with van der Waals surface area (Å²) in [4.78, 5) is 14.3. The lowest BCUT2D eigenvalue weighted by Gasteiger charge is -2.31. The highest BCUT2D eigenvalue weighted by molar-refractivity contribution is 5.81. The Morgan fingerprint density at radius 3 is 2.41 bits per heavy atom. The van der Waals surface area contributed by atoms with Gasteiger partial charge in [0.25, 0.3) is 0 Å². The monoisotopic (exact) mass is 240 g/mol. The Bertz CT molecular complexity index is 234. The largest absolute Gasteiger partial charge is 0.338 e. The van der Waals surface area contributed by atoms with Crippen molar-refractivity contribution in [3.8, 4) is 0 Å². The summed E-state index contributed by atoms with van der Waals surface area (Å²) in [6, 6.07) is 0.154. The first-order chi connectivity index (χ1) is 8.06. The van der Waals surface area contributed by atoms with E-state index in [2.05, 4.69) is 18.7 Å². The first-order valence-electron chi connectivity index (χ1n) is 7.12. The molecule has 1 fully saturated rings. The van der Waals surface area contributed by atoms with Gasteiger partial charge < -0.3 is 10.6 Å². The molecule has 0 aromatic carbocycles. The zero-order valence-corrected chi connectivity index (χ0v) is 11.6. The predicted octanol–water partition coefficient (Wildman–Crippen LogP) is 2.54. The van der Waals surface area contributed by atoms with Crippen molar-refractivity contribution in [2.24, 2.45) is 11.7 Å². The summed E-state index contributed by atoms with van der Waals surface area (Å²) in [6.45, 7) is 7.28. The van der Waals surface area contributed by atoms with E-state index in [0.29, 0.717) is 12.0 Å². The number of amides is 1. The molecule has 1 amide bonds. The molecule has 0 aromatic heterocycles. The maximum Gasteiger partial charge on any atom is 0.239 e. The number of carbonyl (C=O) groups excluding carboxylic acids is 1. The summed E-state index contributed by atoms with van der Waals surface area (Å²) in [5, 5.41) is 0. The van der Waals surface area contributed by atoms with E-state index in [1.54, 1.807) is 0 Å². The van der Waals surface area contributed by atoms with Crippen LogP contribution in [0.4, 0.5) is 0 Å². The van der Waals surface area contributed by atoms with Crippen molar-refractivity contribution in [2.45, 2.75) is 71.4 Å². The predicted molar refractivity (Wildman–Crippen MR) is 71.7 cm³/mol. The van der Waals surface area contributed by atoms with Gasteiger partial charge in [-0.05, 0) is 31.6 Å². The average molecular weight is 240 g/mol. The van der Waals surface area contributed by atoms with Gasteiger partial charge in [0.1, 0.15) is 0 Å². The Morgan fingerprint density at radius 1 is 1.35 bits per heavy atom. The summed E-state index contributed by atoms with van der Waals surface area (Å²) in [5.41, 5.74) is 5.90. The van der Waals surface area contributed by atoms with Crippen LogP contribution in [0.15, 0.2) is 0 Å². The van der Waals surface area contributed by atoms with Gasteiger partial charge in [-0.2, -0.15) is 0 Å². The molecule has 0 aromatic rings. The van der Waals surface area contributed by atoms with Gasteiger partial charge in [-0.1, -0.05) is 33.6 Å². The molecule has 1 rings (SSSR count). The topological polar surface area (TPSA) is 46.3 Å². The summed E-state index contributed by atoms with van der Waals surface area (Å²) in [6.07, 6.45) is 6.68. The fourth-order valence-electron chi connectivity index (χ4n) is 2.47. The van der Waals surface area contributed by atoms with Crippen LogP contribution < -0.4 is 5.73 Å². The second-order valence-electron chi connectivity index (χ2n) is 5.67. The van der Waals surface area contributed by atoms with Crippen LogP contribution in [0.5, 0.6) is 0 Å². The molecule has 17 heavy (non-hydrogen) atoms. The van der Waals surface area contributed by atoms with Gasteiger partial charge in [0.05, 0.1) is 6.04 Å². The number of carbonyl (C=O) groups is 1. The second-order valence-corrected chi connectivity index (χ2v) is 5.67. The van der Waals surface area contributed by atoms with Gasteiger partial charge in [0.2, 0.25) is 5.91 Å². The van der Waals surface area contributed by atoms with E-state index >= 15 is 0 Å². The van der Waals surface area contributed by atoms with Gasteiger partial charge in [-0.3, -0.25) is 4.79 Å². The van der Waals surface area contributed by atoms with Crippen molar-refractivity contribution in [2.75, 3.05) is 6.54 Å². The second kappa shape index (κ2) is 7.00. The highest BCUT2D eigenvalue weighted by atomic mass is 16.2. The lowest BCUT2D eigenvalue weighted by atomic mass is 10.1. The van der Waals surface area contributed by atoms with Crippen molar-refractivity contribution in [1.29, 1.82) is 0 Å². The molecule has 2 N–H and O–H groups in total. The Kier molecular flexibility index (Phi) is 5.96. The number of nitrogens with two attached hydrogens (primary N) is 1. The van der Waals surface area contributed by atoms with Gasteiger partial charge >= 0.3 is 0 Å². The average Bonchev–Trinajstić information content (AvgIpc) is 2.81. The van der Waals surface area contributed by atoms with E-state index in [1.807, 2.05) is 6.92 Å². The van der Waals surface area contributed by atoms with E-state index in [-0.39, 0.29) is 11.9 Å². The van der Waals surface area contributed by atoms with Gasteiger partial charge in [-0.15, -0.1) is 0 Å². The minimum atomic E-state index is -0.303. The van der Waals surface area contributed by atoms with E-state index in [1.165, 1.54) is 25.7 Å². The molecule has 0 radical (unpaired) electrons. The molecule has 0 spiro atoms. The number of hydrogen-bond acceptors (Lipinski definition) is 2. The molecule has 1 unspecified atom stereocenters. The highest BCUT2D eigenvalue weighted by Crippen LogP contribution is 2.24. The molecule has 3 heteroatoms. The molecule has 0 aliphatic heterocycles. The van der Waals surface area contributed by atoms with Crippen LogP contribution in [0.25, 0.3) is 0 Å². The summed E-state index contributed by atoms with van der Waals surface area (Å²) in [7, 11) is 0.